The Bertz CT molecular complexity index is 2340. The average Bonchev–Trinajstić information content (AvgIpc) is 3.88. The number of benzene rings is 5. The maximum absolute atomic E-state index is 6.67. The van der Waals surface area contributed by atoms with E-state index in [1.54, 1.807) is 0 Å². The Balaban J connectivity index is 0.00000372. The van der Waals surface area contributed by atoms with Crippen molar-refractivity contribution in [3.63, 3.8) is 0 Å². The zero-order valence-electron chi connectivity index (χ0n) is 30.3. The molecule has 6 aromatic rings. The van der Waals surface area contributed by atoms with Crippen molar-refractivity contribution in [1.82, 2.24) is 4.98 Å². The second-order valence-electron chi connectivity index (χ2n) is 15.9. The summed E-state index contributed by atoms with van der Waals surface area (Å²) in [5.74, 6) is 2.98. The van der Waals surface area contributed by atoms with Crippen molar-refractivity contribution >= 4 is 34.3 Å². The normalized spacial score (nSPS) is 19.5. The number of pyridine rings is 1. The average molecular weight is 873 g/mol. The van der Waals surface area contributed by atoms with E-state index in [2.05, 4.69) is 157 Å². The van der Waals surface area contributed by atoms with E-state index in [0.717, 1.165) is 45.5 Å². The Labute approximate surface area is 327 Å². The SMILES string of the molecule is CC(C)(C)c1ccnc(N2c3[c-]c(Oc4[c-]c(N5[CH-]N(C67CCC(CC6)C7)c6ccccc65)ccc4)ccc3-c3ccccc3-c3ccccc32)c1.[Pt]. The molecular formula is C47H41N4OPt-3. The number of para-hydroxylation sites is 3. The number of rotatable bonds is 5. The van der Waals surface area contributed by atoms with Crippen LogP contribution in [0.4, 0.5) is 34.3 Å². The molecule has 6 heteroatoms. The molecule has 0 N–H and O–H groups in total. The molecule has 2 fully saturated rings. The van der Waals surface area contributed by atoms with Crippen LogP contribution in [0.5, 0.6) is 11.5 Å². The van der Waals surface area contributed by atoms with Gasteiger partial charge in [0.2, 0.25) is 0 Å². The Kier molecular flexibility index (Phi) is 8.27. The molecule has 5 nitrogen and oxygen atoms in total. The number of fused-ring (bicyclic) bond motifs is 8. The van der Waals surface area contributed by atoms with Gasteiger partial charge in [-0.3, -0.25) is 0 Å². The fraction of sp³-hybridized carbons (Fsp3) is 0.234. The van der Waals surface area contributed by atoms with Crippen LogP contribution < -0.4 is 19.4 Å². The maximum atomic E-state index is 6.67. The Morgan fingerprint density at radius 3 is 2.13 bits per heavy atom. The molecule has 0 radical (unpaired) electrons. The summed E-state index contributed by atoms with van der Waals surface area (Å²) in [6.07, 6.45) is 8.41. The first kappa shape index (κ1) is 33.9. The summed E-state index contributed by atoms with van der Waals surface area (Å²) in [6.45, 7) is 9.03. The molecule has 5 aromatic carbocycles. The van der Waals surface area contributed by atoms with Crippen molar-refractivity contribution in [3.05, 3.63) is 146 Å². The van der Waals surface area contributed by atoms with Crippen LogP contribution in [0.2, 0.25) is 0 Å². The van der Waals surface area contributed by atoms with Gasteiger partial charge in [-0.1, -0.05) is 86.6 Å². The summed E-state index contributed by atoms with van der Waals surface area (Å²) in [4.78, 5) is 12.1. The molecule has 0 unspecified atom stereocenters. The summed E-state index contributed by atoms with van der Waals surface area (Å²) in [5, 5.41) is 0. The smallest absolute Gasteiger partial charge is 0.135 e. The topological polar surface area (TPSA) is 31.8 Å². The molecule has 53 heavy (non-hydrogen) atoms. The number of hydrogen-bond acceptors (Lipinski definition) is 5. The summed E-state index contributed by atoms with van der Waals surface area (Å²) in [5.41, 5.74) is 11.3. The van der Waals surface area contributed by atoms with Gasteiger partial charge >= 0.3 is 0 Å². The molecule has 1 aromatic heterocycles. The molecule has 10 rings (SSSR count). The summed E-state index contributed by atoms with van der Waals surface area (Å²) in [6, 6.07) is 48.0. The first-order chi connectivity index (χ1) is 25.3. The number of ether oxygens (including phenoxy) is 1. The minimum absolute atomic E-state index is 0. The van der Waals surface area contributed by atoms with Crippen molar-refractivity contribution in [2.24, 2.45) is 5.92 Å². The Hall–Kier alpha value is -4.86. The summed E-state index contributed by atoms with van der Waals surface area (Å²) in [7, 11) is 0. The monoisotopic (exact) mass is 872 g/mol. The van der Waals surface area contributed by atoms with E-state index in [1.807, 2.05) is 18.3 Å². The van der Waals surface area contributed by atoms with Crippen LogP contribution in [0.1, 0.15) is 58.4 Å². The predicted octanol–water partition coefficient (Wildman–Crippen LogP) is 12.3. The Morgan fingerprint density at radius 1 is 0.717 bits per heavy atom. The van der Waals surface area contributed by atoms with Gasteiger partial charge in [-0.25, -0.2) is 4.98 Å². The third-order valence-corrected chi connectivity index (χ3v) is 11.7. The van der Waals surface area contributed by atoms with E-state index in [4.69, 9.17) is 9.72 Å². The molecule has 0 spiro atoms. The van der Waals surface area contributed by atoms with Crippen LogP contribution in [0.25, 0.3) is 22.3 Å². The Morgan fingerprint density at radius 2 is 1.40 bits per heavy atom. The second kappa shape index (κ2) is 12.9. The van der Waals surface area contributed by atoms with E-state index in [-0.39, 0.29) is 32.0 Å². The van der Waals surface area contributed by atoms with E-state index in [0.29, 0.717) is 11.5 Å². The van der Waals surface area contributed by atoms with Crippen molar-refractivity contribution in [2.45, 2.75) is 63.8 Å². The number of aromatic nitrogens is 1. The van der Waals surface area contributed by atoms with Crippen LogP contribution in [0.15, 0.2) is 121 Å². The van der Waals surface area contributed by atoms with Crippen molar-refractivity contribution in [1.29, 1.82) is 0 Å². The minimum Gasteiger partial charge on any atom is -0.509 e. The molecule has 3 heterocycles. The zero-order chi connectivity index (χ0) is 35.0. The fourth-order valence-corrected chi connectivity index (χ4v) is 9.07. The van der Waals surface area contributed by atoms with Crippen molar-refractivity contribution in [2.75, 3.05) is 14.7 Å². The van der Waals surface area contributed by atoms with Gasteiger partial charge < -0.3 is 19.4 Å². The number of anilines is 6. The summed E-state index contributed by atoms with van der Waals surface area (Å²) < 4.78 is 6.67. The molecule has 0 amide bonds. The minimum atomic E-state index is -0.0367. The van der Waals surface area contributed by atoms with Crippen LogP contribution in [0, 0.1) is 24.7 Å². The van der Waals surface area contributed by atoms with Crippen LogP contribution in [-0.4, -0.2) is 10.5 Å². The van der Waals surface area contributed by atoms with Gasteiger partial charge in [0, 0.05) is 61.2 Å². The first-order valence-electron chi connectivity index (χ1n) is 18.6. The molecule has 2 bridgehead atoms. The number of nitrogens with zero attached hydrogens (tertiary/aromatic N) is 4. The fourth-order valence-electron chi connectivity index (χ4n) is 9.07. The van der Waals surface area contributed by atoms with Gasteiger partial charge in [-0.05, 0) is 84.9 Å². The van der Waals surface area contributed by atoms with Gasteiger partial charge in [0.15, 0.2) is 0 Å². The van der Waals surface area contributed by atoms with Gasteiger partial charge in [0.05, 0.1) is 5.69 Å². The third-order valence-electron chi connectivity index (χ3n) is 11.7. The first-order valence-corrected chi connectivity index (χ1v) is 18.6. The van der Waals surface area contributed by atoms with Gasteiger partial charge in [-0.2, -0.15) is 18.8 Å². The van der Waals surface area contributed by atoms with E-state index in [1.165, 1.54) is 54.6 Å². The molecule has 268 valence electrons. The van der Waals surface area contributed by atoms with Crippen LogP contribution >= 0.6 is 0 Å². The maximum Gasteiger partial charge on any atom is 0.135 e. The van der Waals surface area contributed by atoms with Crippen LogP contribution in [-0.2, 0) is 26.5 Å². The largest absolute Gasteiger partial charge is 0.509 e. The van der Waals surface area contributed by atoms with Crippen molar-refractivity contribution in [3.8, 4) is 33.8 Å². The second-order valence-corrected chi connectivity index (χ2v) is 15.9. The molecule has 2 saturated carbocycles. The quantitative estimate of drug-likeness (QED) is 0.161. The van der Waals surface area contributed by atoms with E-state index < -0.39 is 0 Å². The van der Waals surface area contributed by atoms with Crippen LogP contribution in [0.3, 0.4) is 0 Å². The van der Waals surface area contributed by atoms with Gasteiger partial charge in [0.25, 0.3) is 0 Å². The molecule has 4 aliphatic rings. The van der Waals surface area contributed by atoms with Crippen molar-refractivity contribution < 1.29 is 25.8 Å². The van der Waals surface area contributed by atoms with Gasteiger partial charge in [-0.15, -0.1) is 41.6 Å². The third kappa shape index (κ3) is 5.67. The predicted molar refractivity (Wildman–Crippen MR) is 211 cm³/mol. The summed E-state index contributed by atoms with van der Waals surface area (Å²) >= 11 is 0. The molecule has 0 saturated heterocycles. The van der Waals surface area contributed by atoms with E-state index in [9.17, 15) is 0 Å². The molecular weight excluding hydrogens is 832 g/mol. The van der Waals surface area contributed by atoms with Gasteiger partial charge in [0.1, 0.15) is 5.82 Å². The molecule has 2 aliphatic carbocycles. The molecule has 0 atom stereocenters. The standard InChI is InChI=1S/C47H41N4O.Pt/c1-46(2,3)33-23-26-48-45(27-33)51-41-16-7-6-15-39(41)37-13-4-5-14-38(37)40-20-19-36(29-44(40)51)52-35-12-10-11-34(28-35)49-31-50(43-18-9-8-17-42(43)49)47-24-21-32(30-47)22-25-47;/h4-20,23,26-27,31-32H,21-22,24-25,30H2,1-3H3;/q-3;. The molecule has 2 aliphatic heterocycles. The zero-order valence-corrected chi connectivity index (χ0v) is 32.5. The number of hydrogen-bond donors (Lipinski definition) is 0. The van der Waals surface area contributed by atoms with E-state index >= 15 is 0 Å².